The molecule has 168 valence electrons. The van der Waals surface area contributed by atoms with E-state index in [9.17, 15) is 18.5 Å². The normalized spacial score (nSPS) is 15.1. The fraction of sp³-hybridized carbons (Fsp3) is 0.286. The largest absolute Gasteiger partial charge is 0.348 e. The molecule has 1 aliphatic heterocycles. The van der Waals surface area contributed by atoms with Crippen molar-refractivity contribution < 1.29 is 13.3 Å². The van der Waals surface area contributed by atoms with Gasteiger partial charge in [0.1, 0.15) is 0 Å². The van der Waals surface area contributed by atoms with E-state index in [1.54, 1.807) is 6.07 Å². The topological polar surface area (TPSA) is 93.4 Å². The summed E-state index contributed by atoms with van der Waals surface area (Å²) >= 11 is 13.7. The molecule has 11 heteroatoms. The van der Waals surface area contributed by atoms with Crippen molar-refractivity contribution in [2.45, 2.75) is 29.4 Å². The van der Waals surface area contributed by atoms with E-state index in [1.165, 1.54) is 35.6 Å². The Bertz CT molecular complexity index is 1220. The summed E-state index contributed by atoms with van der Waals surface area (Å²) in [5.41, 5.74) is 1.76. The molecule has 4 rings (SSSR count). The standard InChI is InChI=1S/C21H19Cl2N3O4S2/c22-15-9-14(10-16(23)12-15)11-17-13-31-21(24-17)25-7-5-20(6-8-25)32(29,30)19-3-1-18(2-4-19)26(27)28/h1-4,9-10,12-13,20H,5-8,11H2. The molecule has 2 aromatic carbocycles. The number of sulfone groups is 1. The highest BCUT2D eigenvalue weighted by atomic mass is 35.5. The first-order chi connectivity index (χ1) is 15.2. The predicted molar refractivity (Wildman–Crippen MR) is 127 cm³/mol. The lowest BCUT2D eigenvalue weighted by molar-refractivity contribution is -0.384. The number of nitro benzene ring substituents is 1. The minimum absolute atomic E-state index is 0.123. The molecule has 1 fully saturated rings. The summed E-state index contributed by atoms with van der Waals surface area (Å²) < 4.78 is 25.9. The molecule has 0 saturated carbocycles. The fourth-order valence-corrected chi connectivity index (χ4v) is 6.93. The van der Waals surface area contributed by atoms with Crippen molar-refractivity contribution in [3.8, 4) is 0 Å². The Hall–Kier alpha value is -2.20. The zero-order chi connectivity index (χ0) is 22.9. The molecule has 0 aliphatic carbocycles. The second kappa shape index (κ2) is 9.35. The van der Waals surface area contributed by atoms with Crippen molar-refractivity contribution in [1.29, 1.82) is 0 Å². The third-order valence-electron chi connectivity index (χ3n) is 5.37. The van der Waals surface area contributed by atoms with E-state index in [-0.39, 0.29) is 10.6 Å². The molecule has 7 nitrogen and oxygen atoms in total. The van der Waals surface area contributed by atoms with Gasteiger partial charge in [0.25, 0.3) is 5.69 Å². The van der Waals surface area contributed by atoms with Crippen molar-refractivity contribution in [1.82, 2.24) is 4.98 Å². The van der Waals surface area contributed by atoms with Crippen molar-refractivity contribution >= 4 is 55.2 Å². The summed E-state index contributed by atoms with van der Waals surface area (Å²) in [6.07, 6.45) is 1.55. The number of halogens is 2. The van der Waals surface area contributed by atoms with Crippen LogP contribution in [0, 0.1) is 10.1 Å². The van der Waals surface area contributed by atoms with Gasteiger partial charge in [-0.1, -0.05) is 23.2 Å². The first-order valence-corrected chi connectivity index (χ1v) is 13.0. The van der Waals surface area contributed by atoms with Gasteiger partial charge < -0.3 is 4.90 Å². The molecular formula is C21H19Cl2N3O4S2. The van der Waals surface area contributed by atoms with Crippen LogP contribution in [0.5, 0.6) is 0 Å². The number of rotatable bonds is 6. The van der Waals surface area contributed by atoms with Gasteiger partial charge in [-0.3, -0.25) is 10.1 Å². The van der Waals surface area contributed by atoms with Crippen molar-refractivity contribution in [2.75, 3.05) is 18.0 Å². The first kappa shape index (κ1) is 23.0. The fourth-order valence-electron chi connectivity index (χ4n) is 3.75. The molecule has 1 aromatic heterocycles. The summed E-state index contributed by atoms with van der Waals surface area (Å²) in [5, 5.41) is 14.3. The van der Waals surface area contributed by atoms with E-state index in [2.05, 4.69) is 4.90 Å². The van der Waals surface area contributed by atoms with Gasteiger partial charge in [-0.05, 0) is 48.7 Å². The van der Waals surface area contributed by atoms with E-state index in [0.29, 0.717) is 42.4 Å². The van der Waals surface area contributed by atoms with Crippen molar-refractivity contribution in [2.24, 2.45) is 0 Å². The number of nitro groups is 1. The van der Waals surface area contributed by atoms with Crippen LogP contribution in [-0.2, 0) is 16.3 Å². The lowest BCUT2D eigenvalue weighted by Crippen LogP contribution is -2.39. The average molecular weight is 512 g/mol. The maximum atomic E-state index is 13.0. The monoisotopic (exact) mass is 511 g/mol. The Morgan fingerprint density at radius 2 is 1.72 bits per heavy atom. The third kappa shape index (κ3) is 5.06. The molecule has 1 saturated heterocycles. The predicted octanol–water partition coefficient (Wildman–Crippen LogP) is 5.39. The minimum atomic E-state index is -3.55. The van der Waals surface area contributed by atoms with Gasteiger partial charge in [0.2, 0.25) is 0 Å². The van der Waals surface area contributed by atoms with Gasteiger partial charge in [-0.25, -0.2) is 13.4 Å². The van der Waals surface area contributed by atoms with Gasteiger partial charge in [0.15, 0.2) is 15.0 Å². The summed E-state index contributed by atoms with van der Waals surface area (Å²) in [4.78, 5) is 17.2. The molecule has 0 atom stereocenters. The number of non-ortho nitro benzene ring substituents is 1. The smallest absolute Gasteiger partial charge is 0.269 e. The first-order valence-electron chi connectivity index (χ1n) is 9.85. The number of hydrogen-bond donors (Lipinski definition) is 0. The molecule has 0 radical (unpaired) electrons. The van der Waals surface area contributed by atoms with Crippen LogP contribution >= 0.6 is 34.5 Å². The molecule has 0 unspecified atom stereocenters. The number of benzene rings is 2. The molecule has 0 bridgehead atoms. The second-order valence-electron chi connectivity index (χ2n) is 7.56. The third-order valence-corrected chi connectivity index (χ3v) is 9.04. The van der Waals surface area contributed by atoms with E-state index in [0.717, 1.165) is 16.4 Å². The molecule has 0 N–H and O–H groups in total. The lowest BCUT2D eigenvalue weighted by atomic mass is 10.1. The molecule has 2 heterocycles. The second-order valence-corrected chi connectivity index (χ2v) is 11.5. The quantitative estimate of drug-likeness (QED) is 0.325. The van der Waals surface area contributed by atoms with Crippen molar-refractivity contribution in [3.05, 3.63) is 79.3 Å². The zero-order valence-electron chi connectivity index (χ0n) is 16.8. The Labute approximate surface area is 199 Å². The van der Waals surface area contributed by atoms with Gasteiger partial charge in [-0.15, -0.1) is 11.3 Å². The van der Waals surface area contributed by atoms with Crippen LogP contribution in [-0.4, -0.2) is 36.7 Å². The average Bonchev–Trinajstić information content (AvgIpc) is 3.21. The Morgan fingerprint density at radius 1 is 1.09 bits per heavy atom. The number of aromatic nitrogens is 1. The lowest BCUT2D eigenvalue weighted by Gasteiger charge is -2.31. The zero-order valence-corrected chi connectivity index (χ0v) is 19.9. The molecular weight excluding hydrogens is 493 g/mol. The van der Waals surface area contributed by atoms with Crippen LogP contribution in [0.3, 0.4) is 0 Å². The molecule has 32 heavy (non-hydrogen) atoms. The molecule has 1 aliphatic rings. The molecule has 0 spiro atoms. The minimum Gasteiger partial charge on any atom is -0.348 e. The maximum absolute atomic E-state index is 13.0. The van der Waals surface area contributed by atoms with Crippen LogP contribution in [0.25, 0.3) is 0 Å². The number of anilines is 1. The number of thiazole rings is 1. The van der Waals surface area contributed by atoms with E-state index >= 15 is 0 Å². The van der Waals surface area contributed by atoms with Crippen LogP contribution in [0.2, 0.25) is 10.0 Å². The van der Waals surface area contributed by atoms with Crippen molar-refractivity contribution in [3.63, 3.8) is 0 Å². The maximum Gasteiger partial charge on any atom is 0.269 e. The highest BCUT2D eigenvalue weighted by Crippen LogP contribution is 2.30. The Balaban J connectivity index is 1.40. The van der Waals surface area contributed by atoms with Crippen LogP contribution in [0.1, 0.15) is 24.1 Å². The molecule has 3 aromatic rings. The SMILES string of the molecule is O=[N+]([O-])c1ccc(S(=O)(=O)C2CCN(c3nc(Cc4cc(Cl)cc(Cl)c4)cs3)CC2)cc1. The number of hydrogen-bond acceptors (Lipinski definition) is 7. The molecule has 0 amide bonds. The Kier molecular flexibility index (Phi) is 6.71. The van der Waals surface area contributed by atoms with Crippen LogP contribution in [0.15, 0.2) is 52.7 Å². The number of piperidine rings is 1. The summed E-state index contributed by atoms with van der Waals surface area (Å²) in [6.45, 7) is 1.15. The number of nitrogens with zero attached hydrogens (tertiary/aromatic N) is 3. The summed E-state index contributed by atoms with van der Waals surface area (Å²) in [6, 6.07) is 10.5. The van der Waals surface area contributed by atoms with E-state index in [4.69, 9.17) is 28.2 Å². The Morgan fingerprint density at radius 3 is 2.31 bits per heavy atom. The van der Waals surface area contributed by atoms with Gasteiger partial charge in [-0.2, -0.15) is 0 Å². The van der Waals surface area contributed by atoms with Gasteiger partial charge >= 0.3 is 0 Å². The van der Waals surface area contributed by atoms with Gasteiger partial charge in [0.05, 0.1) is 20.8 Å². The highest BCUT2D eigenvalue weighted by Gasteiger charge is 2.32. The van der Waals surface area contributed by atoms with Crippen LogP contribution < -0.4 is 4.90 Å². The summed E-state index contributed by atoms with van der Waals surface area (Å²) in [5.74, 6) is 0. The highest BCUT2D eigenvalue weighted by molar-refractivity contribution is 7.92. The van der Waals surface area contributed by atoms with E-state index in [1.807, 2.05) is 17.5 Å². The van der Waals surface area contributed by atoms with Crippen LogP contribution in [0.4, 0.5) is 10.8 Å². The summed E-state index contributed by atoms with van der Waals surface area (Å²) in [7, 11) is -3.55. The van der Waals surface area contributed by atoms with E-state index < -0.39 is 20.0 Å². The van der Waals surface area contributed by atoms with Gasteiger partial charge in [0, 0.05) is 47.1 Å².